The van der Waals surface area contributed by atoms with Gasteiger partial charge in [0.15, 0.2) is 5.96 Å². The Bertz CT molecular complexity index is 330. The Morgan fingerprint density at radius 1 is 1.32 bits per heavy atom. The maximum absolute atomic E-state index is 5.75. The zero-order chi connectivity index (χ0) is 15.0. The SMILES string of the molecule is CN=C(NCCOCC1CCCO1)NCC1(C)CCCO1.I. The van der Waals surface area contributed by atoms with Gasteiger partial charge in [-0.2, -0.15) is 0 Å². The molecular weight excluding hydrogens is 397 g/mol. The van der Waals surface area contributed by atoms with Crippen molar-refractivity contribution in [3.63, 3.8) is 0 Å². The van der Waals surface area contributed by atoms with Crippen molar-refractivity contribution in [3.05, 3.63) is 0 Å². The topological polar surface area (TPSA) is 64.1 Å². The number of hydrogen-bond acceptors (Lipinski definition) is 4. The molecule has 2 fully saturated rings. The first kappa shape index (κ1) is 19.9. The summed E-state index contributed by atoms with van der Waals surface area (Å²) in [6, 6.07) is 0. The minimum absolute atomic E-state index is 0. The highest BCUT2D eigenvalue weighted by Crippen LogP contribution is 2.23. The summed E-state index contributed by atoms with van der Waals surface area (Å²) >= 11 is 0. The summed E-state index contributed by atoms with van der Waals surface area (Å²) in [6.07, 6.45) is 4.81. The molecule has 7 heteroatoms. The van der Waals surface area contributed by atoms with E-state index in [-0.39, 0.29) is 29.6 Å². The molecule has 2 atom stereocenters. The van der Waals surface area contributed by atoms with Crippen molar-refractivity contribution in [1.82, 2.24) is 10.6 Å². The maximum atomic E-state index is 5.75. The maximum Gasteiger partial charge on any atom is 0.191 e. The van der Waals surface area contributed by atoms with Crippen molar-refractivity contribution in [3.8, 4) is 0 Å². The van der Waals surface area contributed by atoms with Crippen LogP contribution in [0.25, 0.3) is 0 Å². The fraction of sp³-hybridized carbons (Fsp3) is 0.933. The molecular formula is C15H30IN3O3. The van der Waals surface area contributed by atoms with Crippen molar-refractivity contribution in [1.29, 1.82) is 0 Å². The number of guanidine groups is 1. The Morgan fingerprint density at radius 3 is 2.82 bits per heavy atom. The van der Waals surface area contributed by atoms with Gasteiger partial charge < -0.3 is 24.8 Å². The Morgan fingerprint density at radius 2 is 2.18 bits per heavy atom. The number of aliphatic imine (C=N–C) groups is 1. The van der Waals surface area contributed by atoms with Crippen molar-refractivity contribution in [2.75, 3.05) is 46.6 Å². The van der Waals surface area contributed by atoms with Crippen LogP contribution in [-0.4, -0.2) is 64.2 Å². The third-order valence-electron chi connectivity index (χ3n) is 4.02. The van der Waals surface area contributed by atoms with Crippen molar-refractivity contribution >= 4 is 29.9 Å². The second-order valence-electron chi connectivity index (χ2n) is 5.96. The monoisotopic (exact) mass is 427 g/mol. The first-order chi connectivity index (χ1) is 10.2. The van der Waals surface area contributed by atoms with E-state index in [1.165, 1.54) is 0 Å². The van der Waals surface area contributed by atoms with Gasteiger partial charge in [-0.25, -0.2) is 0 Å². The first-order valence-electron chi connectivity index (χ1n) is 8.00. The summed E-state index contributed by atoms with van der Waals surface area (Å²) in [5.74, 6) is 0.799. The molecule has 0 bridgehead atoms. The van der Waals surface area contributed by atoms with E-state index in [0.29, 0.717) is 19.3 Å². The van der Waals surface area contributed by atoms with E-state index < -0.39 is 0 Å². The quantitative estimate of drug-likeness (QED) is 0.279. The van der Waals surface area contributed by atoms with Crippen molar-refractivity contribution in [2.45, 2.75) is 44.3 Å². The van der Waals surface area contributed by atoms with Gasteiger partial charge in [-0.1, -0.05) is 0 Å². The van der Waals surface area contributed by atoms with Crippen LogP contribution in [0.1, 0.15) is 32.6 Å². The zero-order valence-electron chi connectivity index (χ0n) is 13.7. The molecule has 0 radical (unpaired) electrons. The summed E-state index contributed by atoms with van der Waals surface area (Å²) in [7, 11) is 1.78. The average molecular weight is 427 g/mol. The minimum atomic E-state index is -0.0616. The van der Waals surface area contributed by atoms with E-state index in [4.69, 9.17) is 14.2 Å². The van der Waals surface area contributed by atoms with Gasteiger partial charge in [0, 0.05) is 33.4 Å². The largest absolute Gasteiger partial charge is 0.377 e. The number of ether oxygens (including phenoxy) is 3. The van der Waals surface area contributed by atoms with Crippen LogP contribution in [0.3, 0.4) is 0 Å². The van der Waals surface area contributed by atoms with Crippen LogP contribution in [0.15, 0.2) is 4.99 Å². The Hall–Kier alpha value is -0.120. The molecule has 2 N–H and O–H groups in total. The second kappa shape index (κ2) is 10.6. The second-order valence-corrected chi connectivity index (χ2v) is 5.96. The predicted molar refractivity (Wildman–Crippen MR) is 98.2 cm³/mol. The fourth-order valence-corrected chi connectivity index (χ4v) is 2.70. The van der Waals surface area contributed by atoms with Crippen molar-refractivity contribution in [2.24, 2.45) is 4.99 Å². The molecule has 6 nitrogen and oxygen atoms in total. The number of nitrogens with zero attached hydrogens (tertiary/aromatic N) is 1. The zero-order valence-corrected chi connectivity index (χ0v) is 16.1. The van der Waals surface area contributed by atoms with Crippen LogP contribution in [-0.2, 0) is 14.2 Å². The fourth-order valence-electron chi connectivity index (χ4n) is 2.70. The van der Waals surface area contributed by atoms with E-state index in [0.717, 1.165) is 57.9 Å². The lowest BCUT2D eigenvalue weighted by Gasteiger charge is -2.24. The normalized spacial score (nSPS) is 28.5. The van der Waals surface area contributed by atoms with Gasteiger partial charge >= 0.3 is 0 Å². The lowest BCUT2D eigenvalue weighted by molar-refractivity contribution is 0.0187. The predicted octanol–water partition coefficient (Wildman–Crippen LogP) is 1.53. The molecule has 2 rings (SSSR count). The lowest BCUT2D eigenvalue weighted by Crippen LogP contribution is -2.46. The van der Waals surface area contributed by atoms with Gasteiger partial charge in [-0.05, 0) is 32.6 Å². The molecule has 22 heavy (non-hydrogen) atoms. The van der Waals surface area contributed by atoms with E-state index in [9.17, 15) is 0 Å². The van der Waals surface area contributed by atoms with E-state index in [1.807, 2.05) is 0 Å². The molecule has 0 spiro atoms. The summed E-state index contributed by atoms with van der Waals surface area (Å²) in [6.45, 7) is 6.76. The van der Waals surface area contributed by atoms with Crippen molar-refractivity contribution < 1.29 is 14.2 Å². The lowest BCUT2D eigenvalue weighted by atomic mass is 10.0. The molecule has 0 aromatic heterocycles. The molecule has 0 aromatic rings. The number of halogens is 1. The molecule has 2 aliphatic heterocycles. The van der Waals surface area contributed by atoms with Gasteiger partial charge in [-0.15, -0.1) is 24.0 Å². The average Bonchev–Trinajstić information content (AvgIpc) is 3.14. The van der Waals surface area contributed by atoms with E-state index >= 15 is 0 Å². The molecule has 2 aliphatic rings. The molecule has 130 valence electrons. The molecule has 2 saturated heterocycles. The van der Waals surface area contributed by atoms with Crippen LogP contribution < -0.4 is 10.6 Å². The van der Waals surface area contributed by atoms with E-state index in [1.54, 1.807) is 7.05 Å². The summed E-state index contributed by atoms with van der Waals surface area (Å²) in [5, 5.41) is 6.57. The van der Waals surface area contributed by atoms with E-state index in [2.05, 4.69) is 22.5 Å². The Balaban J connectivity index is 0.00000242. The highest BCUT2D eigenvalue weighted by atomic mass is 127. The number of nitrogens with one attached hydrogen (secondary N) is 2. The third-order valence-corrected chi connectivity index (χ3v) is 4.02. The highest BCUT2D eigenvalue weighted by molar-refractivity contribution is 14.0. The smallest absolute Gasteiger partial charge is 0.191 e. The van der Waals surface area contributed by atoms with Crippen LogP contribution in [0.4, 0.5) is 0 Å². The van der Waals surface area contributed by atoms with Gasteiger partial charge in [0.1, 0.15) is 0 Å². The molecule has 0 aromatic carbocycles. The first-order valence-corrected chi connectivity index (χ1v) is 8.00. The molecule has 0 amide bonds. The highest BCUT2D eigenvalue weighted by Gasteiger charge is 2.29. The standard InChI is InChI=1S/C15H29N3O3.HI/c1-15(6-4-9-21-15)12-18-14(16-2)17-7-10-19-11-13-5-3-8-20-13;/h13H,3-12H2,1-2H3,(H2,16,17,18);1H. The van der Waals surface area contributed by atoms with Gasteiger partial charge in [-0.3, -0.25) is 4.99 Å². The molecule has 2 unspecified atom stereocenters. The third kappa shape index (κ3) is 6.97. The Labute approximate surface area is 150 Å². The van der Waals surface area contributed by atoms with Crippen LogP contribution in [0.2, 0.25) is 0 Å². The molecule has 0 saturated carbocycles. The summed E-state index contributed by atoms with van der Waals surface area (Å²) < 4.78 is 16.9. The van der Waals surface area contributed by atoms with Crippen LogP contribution >= 0.6 is 24.0 Å². The number of hydrogen-bond donors (Lipinski definition) is 2. The van der Waals surface area contributed by atoms with Gasteiger partial charge in [0.2, 0.25) is 0 Å². The molecule has 0 aliphatic carbocycles. The molecule has 2 heterocycles. The van der Waals surface area contributed by atoms with Crippen LogP contribution in [0, 0.1) is 0 Å². The van der Waals surface area contributed by atoms with Crippen LogP contribution in [0.5, 0.6) is 0 Å². The Kier molecular flexibility index (Phi) is 9.62. The summed E-state index contributed by atoms with van der Waals surface area (Å²) in [4.78, 5) is 4.21. The summed E-state index contributed by atoms with van der Waals surface area (Å²) in [5.41, 5.74) is -0.0616. The van der Waals surface area contributed by atoms with Gasteiger partial charge in [0.25, 0.3) is 0 Å². The number of rotatable bonds is 7. The van der Waals surface area contributed by atoms with Gasteiger partial charge in [0.05, 0.1) is 24.9 Å². The minimum Gasteiger partial charge on any atom is -0.377 e.